The first kappa shape index (κ1) is 17.9. The summed E-state index contributed by atoms with van der Waals surface area (Å²) in [6, 6.07) is 12.6. The molecule has 0 aliphatic heterocycles. The third-order valence-electron chi connectivity index (χ3n) is 3.62. The molecule has 2 N–H and O–H groups in total. The summed E-state index contributed by atoms with van der Waals surface area (Å²) < 4.78 is 13.2. The molecule has 0 atom stereocenters. The van der Waals surface area contributed by atoms with Crippen molar-refractivity contribution in [2.75, 3.05) is 5.32 Å². The zero-order chi connectivity index (χ0) is 17.7. The highest BCUT2D eigenvalue weighted by Crippen LogP contribution is 2.21. The van der Waals surface area contributed by atoms with E-state index in [4.69, 9.17) is 11.6 Å². The Kier molecular flexibility index (Phi) is 5.57. The summed E-state index contributed by atoms with van der Waals surface area (Å²) in [4.78, 5) is 24.7. The van der Waals surface area contributed by atoms with Gasteiger partial charge in [-0.15, -0.1) is 0 Å². The summed E-state index contributed by atoms with van der Waals surface area (Å²) in [5, 5.41) is 5.79. The molecule has 0 aliphatic carbocycles. The zero-order valence-corrected chi connectivity index (χ0v) is 14.2. The molecule has 2 amide bonds. The third kappa shape index (κ3) is 4.32. The first-order valence-corrected chi connectivity index (χ1v) is 7.77. The Balaban J connectivity index is 2.01. The molecule has 0 heterocycles. The van der Waals surface area contributed by atoms with Crippen molar-refractivity contribution in [3.05, 3.63) is 64.9 Å². The maximum atomic E-state index is 13.2. The van der Waals surface area contributed by atoms with E-state index in [1.54, 1.807) is 24.3 Å². The van der Waals surface area contributed by atoms with E-state index in [0.717, 1.165) is 5.56 Å². The van der Waals surface area contributed by atoms with Crippen molar-refractivity contribution < 1.29 is 14.0 Å². The van der Waals surface area contributed by atoms with Crippen LogP contribution >= 0.6 is 11.6 Å². The highest BCUT2D eigenvalue weighted by atomic mass is 35.5. The van der Waals surface area contributed by atoms with Crippen molar-refractivity contribution in [1.29, 1.82) is 0 Å². The van der Waals surface area contributed by atoms with Gasteiger partial charge in [0, 0.05) is 17.3 Å². The SMILES string of the molecule is CC(C)(C(=O)NCc1ccccc1Cl)C(=O)Nc1cccc(F)c1. The Morgan fingerprint density at radius 2 is 1.79 bits per heavy atom. The molecular formula is C18H18ClFN2O2. The van der Waals surface area contributed by atoms with Crippen LogP contribution in [0.1, 0.15) is 19.4 Å². The van der Waals surface area contributed by atoms with Gasteiger partial charge in [0.1, 0.15) is 11.2 Å². The van der Waals surface area contributed by atoms with Crippen LogP contribution in [-0.2, 0) is 16.1 Å². The second kappa shape index (κ2) is 7.45. The molecule has 0 fully saturated rings. The van der Waals surface area contributed by atoms with E-state index in [1.807, 2.05) is 6.07 Å². The van der Waals surface area contributed by atoms with Gasteiger partial charge in [0.25, 0.3) is 0 Å². The van der Waals surface area contributed by atoms with Crippen LogP contribution in [0.15, 0.2) is 48.5 Å². The number of carbonyl (C=O) groups is 2. The molecule has 0 aliphatic rings. The number of carbonyl (C=O) groups excluding carboxylic acids is 2. The van der Waals surface area contributed by atoms with E-state index in [1.165, 1.54) is 32.0 Å². The molecule has 0 bridgehead atoms. The largest absolute Gasteiger partial charge is 0.351 e. The van der Waals surface area contributed by atoms with Crippen LogP contribution in [0.5, 0.6) is 0 Å². The minimum atomic E-state index is -1.33. The lowest BCUT2D eigenvalue weighted by Gasteiger charge is -2.23. The van der Waals surface area contributed by atoms with Gasteiger partial charge in [-0.25, -0.2) is 4.39 Å². The van der Waals surface area contributed by atoms with Gasteiger partial charge in [-0.1, -0.05) is 35.9 Å². The molecule has 0 saturated heterocycles. The van der Waals surface area contributed by atoms with Crippen LogP contribution in [0.3, 0.4) is 0 Å². The van der Waals surface area contributed by atoms with E-state index >= 15 is 0 Å². The number of rotatable bonds is 5. The van der Waals surface area contributed by atoms with Gasteiger partial charge in [-0.3, -0.25) is 9.59 Å². The summed E-state index contributed by atoms with van der Waals surface area (Å²) in [7, 11) is 0. The Morgan fingerprint density at radius 1 is 1.08 bits per heavy atom. The number of anilines is 1. The van der Waals surface area contributed by atoms with E-state index < -0.39 is 23.0 Å². The highest BCUT2D eigenvalue weighted by molar-refractivity contribution is 6.31. The van der Waals surface area contributed by atoms with Gasteiger partial charge >= 0.3 is 0 Å². The van der Waals surface area contributed by atoms with Crippen LogP contribution in [0.25, 0.3) is 0 Å². The van der Waals surface area contributed by atoms with E-state index in [9.17, 15) is 14.0 Å². The van der Waals surface area contributed by atoms with Gasteiger partial charge in [0.15, 0.2) is 0 Å². The summed E-state index contributed by atoms with van der Waals surface area (Å²) in [5.74, 6) is -1.44. The van der Waals surface area contributed by atoms with Crippen molar-refractivity contribution in [2.24, 2.45) is 5.41 Å². The van der Waals surface area contributed by atoms with E-state index in [2.05, 4.69) is 10.6 Å². The number of hydrogen-bond acceptors (Lipinski definition) is 2. The Labute approximate surface area is 145 Å². The number of hydrogen-bond donors (Lipinski definition) is 2. The number of benzene rings is 2. The van der Waals surface area contributed by atoms with Gasteiger partial charge in [0.05, 0.1) is 0 Å². The second-order valence-electron chi connectivity index (χ2n) is 5.86. The summed E-state index contributed by atoms with van der Waals surface area (Å²) in [6.45, 7) is 3.22. The minimum Gasteiger partial charge on any atom is -0.351 e. The summed E-state index contributed by atoms with van der Waals surface area (Å²) >= 11 is 6.04. The Morgan fingerprint density at radius 3 is 2.46 bits per heavy atom. The fraction of sp³-hybridized carbons (Fsp3) is 0.222. The Bertz CT molecular complexity index is 762. The molecule has 0 aromatic heterocycles. The van der Waals surface area contributed by atoms with Crippen LogP contribution < -0.4 is 10.6 Å². The average molecular weight is 349 g/mol. The van der Waals surface area contributed by atoms with E-state index in [-0.39, 0.29) is 6.54 Å². The van der Waals surface area contributed by atoms with Crippen molar-refractivity contribution in [1.82, 2.24) is 5.32 Å². The molecule has 0 saturated carbocycles. The van der Waals surface area contributed by atoms with Crippen LogP contribution in [0.4, 0.5) is 10.1 Å². The first-order valence-electron chi connectivity index (χ1n) is 7.39. The topological polar surface area (TPSA) is 58.2 Å². The maximum Gasteiger partial charge on any atom is 0.239 e. The lowest BCUT2D eigenvalue weighted by atomic mass is 9.90. The fourth-order valence-corrected chi connectivity index (χ4v) is 2.20. The number of nitrogens with one attached hydrogen (secondary N) is 2. The molecule has 2 aromatic carbocycles. The fourth-order valence-electron chi connectivity index (χ4n) is 1.99. The third-order valence-corrected chi connectivity index (χ3v) is 3.98. The van der Waals surface area contributed by atoms with Crippen LogP contribution in [0.2, 0.25) is 5.02 Å². The van der Waals surface area contributed by atoms with Crippen molar-refractivity contribution in [3.8, 4) is 0 Å². The molecular weight excluding hydrogens is 331 g/mol. The highest BCUT2D eigenvalue weighted by Gasteiger charge is 2.36. The zero-order valence-electron chi connectivity index (χ0n) is 13.4. The maximum absolute atomic E-state index is 13.2. The predicted molar refractivity (Wildman–Crippen MR) is 92.1 cm³/mol. The molecule has 2 rings (SSSR count). The lowest BCUT2D eigenvalue weighted by Crippen LogP contribution is -2.44. The molecule has 0 unspecified atom stereocenters. The van der Waals surface area contributed by atoms with Crippen molar-refractivity contribution in [2.45, 2.75) is 20.4 Å². The molecule has 0 spiro atoms. The molecule has 126 valence electrons. The van der Waals surface area contributed by atoms with Gasteiger partial charge < -0.3 is 10.6 Å². The van der Waals surface area contributed by atoms with Crippen molar-refractivity contribution in [3.63, 3.8) is 0 Å². The van der Waals surface area contributed by atoms with E-state index in [0.29, 0.717) is 10.7 Å². The first-order chi connectivity index (χ1) is 11.3. The van der Waals surface area contributed by atoms with Gasteiger partial charge in [-0.05, 0) is 43.7 Å². The van der Waals surface area contributed by atoms with Crippen molar-refractivity contribution >= 4 is 29.1 Å². The smallest absolute Gasteiger partial charge is 0.239 e. The molecule has 24 heavy (non-hydrogen) atoms. The number of halogens is 2. The predicted octanol–water partition coefficient (Wildman–Crippen LogP) is 3.76. The molecule has 2 aromatic rings. The summed E-state index contributed by atoms with van der Waals surface area (Å²) in [5.41, 5.74) is -0.269. The minimum absolute atomic E-state index is 0.217. The standard InChI is InChI=1S/C18H18ClFN2O2/c1-18(2,17(24)22-14-8-5-7-13(20)10-14)16(23)21-11-12-6-3-4-9-15(12)19/h3-10H,11H2,1-2H3,(H,21,23)(H,22,24). The molecule has 6 heteroatoms. The molecule has 4 nitrogen and oxygen atoms in total. The van der Waals surface area contributed by atoms with Crippen LogP contribution in [0, 0.1) is 11.2 Å². The van der Waals surface area contributed by atoms with Crippen LogP contribution in [-0.4, -0.2) is 11.8 Å². The van der Waals surface area contributed by atoms with Gasteiger partial charge in [0.2, 0.25) is 11.8 Å². The molecule has 0 radical (unpaired) electrons. The van der Waals surface area contributed by atoms with Gasteiger partial charge in [-0.2, -0.15) is 0 Å². The monoisotopic (exact) mass is 348 g/mol. The Hall–Kier alpha value is -2.40. The normalized spacial score (nSPS) is 11.0. The summed E-state index contributed by atoms with van der Waals surface area (Å²) in [6.07, 6.45) is 0. The number of amides is 2. The second-order valence-corrected chi connectivity index (χ2v) is 6.27. The average Bonchev–Trinajstić information content (AvgIpc) is 2.53. The lowest BCUT2D eigenvalue weighted by molar-refractivity contribution is -0.138. The quantitative estimate of drug-likeness (QED) is 0.808.